The average molecular weight is 301 g/mol. The number of imidazole rings is 1. The quantitative estimate of drug-likeness (QED) is 0.787. The lowest BCUT2D eigenvalue weighted by Crippen LogP contribution is -2.14. The van der Waals surface area contributed by atoms with Crippen molar-refractivity contribution in [1.29, 1.82) is 0 Å². The summed E-state index contributed by atoms with van der Waals surface area (Å²) in [6, 6.07) is 7.81. The minimum absolute atomic E-state index is 0.221. The lowest BCUT2D eigenvalue weighted by molar-refractivity contribution is -0.117. The van der Waals surface area contributed by atoms with E-state index in [2.05, 4.69) is 4.98 Å². The van der Waals surface area contributed by atoms with Gasteiger partial charge in [-0.2, -0.15) is 0 Å². The van der Waals surface area contributed by atoms with E-state index >= 15 is 0 Å². The number of fused-ring (bicyclic) bond motifs is 1. The van der Waals surface area contributed by atoms with E-state index in [9.17, 15) is 4.79 Å². The zero-order chi connectivity index (χ0) is 14.8. The van der Waals surface area contributed by atoms with Gasteiger partial charge in [0.2, 0.25) is 5.91 Å². The highest BCUT2D eigenvalue weighted by molar-refractivity contribution is 7.15. The molecular formula is C15H15N3O2S. The number of nitrogens with zero attached hydrogens (tertiary/aromatic N) is 2. The average Bonchev–Trinajstić information content (AvgIpc) is 3.02. The molecule has 3 rings (SSSR count). The first-order valence-corrected chi connectivity index (χ1v) is 7.52. The SMILES string of the molecule is CCOc1ccc(-c2cn3c(CC(N)=O)csc3n2)cc1. The fraction of sp³-hybridized carbons (Fsp3) is 0.200. The number of amides is 1. The van der Waals surface area contributed by atoms with Gasteiger partial charge in [-0.05, 0) is 31.2 Å². The van der Waals surface area contributed by atoms with Crippen LogP contribution in [0, 0.1) is 0 Å². The van der Waals surface area contributed by atoms with Gasteiger partial charge in [-0.1, -0.05) is 0 Å². The number of primary amides is 1. The molecule has 0 aliphatic heterocycles. The van der Waals surface area contributed by atoms with Gasteiger partial charge >= 0.3 is 0 Å². The molecule has 0 saturated carbocycles. The second kappa shape index (κ2) is 5.57. The molecule has 0 bridgehead atoms. The third-order valence-corrected chi connectivity index (χ3v) is 3.99. The van der Waals surface area contributed by atoms with Gasteiger partial charge < -0.3 is 10.5 Å². The summed E-state index contributed by atoms with van der Waals surface area (Å²) >= 11 is 1.50. The first kappa shape index (κ1) is 13.6. The van der Waals surface area contributed by atoms with Gasteiger partial charge in [-0.3, -0.25) is 9.20 Å². The second-order valence-electron chi connectivity index (χ2n) is 4.61. The van der Waals surface area contributed by atoms with Crippen LogP contribution in [0.2, 0.25) is 0 Å². The molecule has 6 heteroatoms. The minimum Gasteiger partial charge on any atom is -0.494 e. The number of carbonyl (C=O) groups excluding carboxylic acids is 1. The van der Waals surface area contributed by atoms with Crippen molar-refractivity contribution in [2.24, 2.45) is 5.73 Å². The van der Waals surface area contributed by atoms with Crippen molar-refractivity contribution >= 4 is 22.2 Å². The molecular weight excluding hydrogens is 286 g/mol. The molecule has 1 aromatic carbocycles. The Kier molecular flexibility index (Phi) is 3.62. The van der Waals surface area contributed by atoms with Gasteiger partial charge in [-0.15, -0.1) is 11.3 Å². The summed E-state index contributed by atoms with van der Waals surface area (Å²) in [7, 11) is 0. The summed E-state index contributed by atoms with van der Waals surface area (Å²) in [5.74, 6) is 0.503. The van der Waals surface area contributed by atoms with Crippen molar-refractivity contribution in [3.05, 3.63) is 41.5 Å². The highest BCUT2D eigenvalue weighted by Crippen LogP contribution is 2.25. The van der Waals surface area contributed by atoms with Gasteiger partial charge in [0, 0.05) is 22.8 Å². The maximum atomic E-state index is 11.1. The lowest BCUT2D eigenvalue weighted by Gasteiger charge is -2.03. The van der Waals surface area contributed by atoms with E-state index < -0.39 is 0 Å². The Labute approximate surface area is 126 Å². The van der Waals surface area contributed by atoms with Crippen LogP contribution >= 0.6 is 11.3 Å². The summed E-state index contributed by atoms with van der Waals surface area (Å²) in [5, 5.41) is 1.91. The number of ether oxygens (including phenoxy) is 1. The zero-order valence-corrected chi connectivity index (χ0v) is 12.4. The fourth-order valence-corrected chi connectivity index (χ4v) is 3.04. The Morgan fingerprint density at radius 1 is 1.38 bits per heavy atom. The van der Waals surface area contributed by atoms with E-state index in [4.69, 9.17) is 10.5 Å². The number of benzene rings is 1. The molecule has 2 heterocycles. The highest BCUT2D eigenvalue weighted by atomic mass is 32.1. The largest absolute Gasteiger partial charge is 0.494 e. The smallest absolute Gasteiger partial charge is 0.223 e. The molecule has 0 aliphatic carbocycles. The molecule has 1 amide bonds. The molecule has 0 spiro atoms. The maximum absolute atomic E-state index is 11.1. The Bertz CT molecular complexity index is 774. The predicted octanol–water partition coefficient (Wildman–Crippen LogP) is 2.49. The van der Waals surface area contributed by atoms with Crippen LogP contribution in [-0.4, -0.2) is 21.9 Å². The number of hydrogen-bond donors (Lipinski definition) is 1. The Morgan fingerprint density at radius 3 is 2.81 bits per heavy atom. The van der Waals surface area contributed by atoms with E-state index in [0.717, 1.165) is 27.7 Å². The van der Waals surface area contributed by atoms with Crippen molar-refractivity contribution in [1.82, 2.24) is 9.38 Å². The Morgan fingerprint density at radius 2 is 2.14 bits per heavy atom. The standard InChI is InChI=1S/C15H15N3O2S/c1-2-20-12-5-3-10(4-6-12)13-8-18-11(7-14(16)19)9-21-15(18)17-13/h3-6,8-9H,2,7H2,1H3,(H2,16,19). The molecule has 0 atom stereocenters. The van der Waals surface area contributed by atoms with Crippen molar-refractivity contribution in [2.75, 3.05) is 6.61 Å². The number of aromatic nitrogens is 2. The number of hydrogen-bond acceptors (Lipinski definition) is 4. The molecule has 108 valence electrons. The summed E-state index contributed by atoms with van der Waals surface area (Å²) in [6.07, 6.45) is 2.15. The maximum Gasteiger partial charge on any atom is 0.223 e. The molecule has 21 heavy (non-hydrogen) atoms. The third-order valence-electron chi connectivity index (χ3n) is 3.10. The molecule has 5 nitrogen and oxygen atoms in total. The van der Waals surface area contributed by atoms with Crippen LogP contribution < -0.4 is 10.5 Å². The van der Waals surface area contributed by atoms with Crippen LogP contribution in [0.4, 0.5) is 0 Å². The van der Waals surface area contributed by atoms with Crippen molar-refractivity contribution < 1.29 is 9.53 Å². The topological polar surface area (TPSA) is 69.6 Å². The predicted molar refractivity (Wildman–Crippen MR) is 82.6 cm³/mol. The van der Waals surface area contributed by atoms with Crippen LogP contribution in [0.5, 0.6) is 5.75 Å². The third kappa shape index (κ3) is 2.75. The normalized spacial score (nSPS) is 10.9. The lowest BCUT2D eigenvalue weighted by atomic mass is 10.1. The molecule has 0 radical (unpaired) electrons. The van der Waals surface area contributed by atoms with Crippen LogP contribution in [0.1, 0.15) is 12.6 Å². The van der Waals surface area contributed by atoms with E-state index in [1.807, 2.05) is 47.2 Å². The van der Waals surface area contributed by atoms with E-state index in [-0.39, 0.29) is 12.3 Å². The first-order valence-electron chi connectivity index (χ1n) is 6.64. The Balaban J connectivity index is 1.93. The monoisotopic (exact) mass is 301 g/mol. The van der Waals surface area contributed by atoms with Gasteiger partial charge in [0.25, 0.3) is 0 Å². The van der Waals surface area contributed by atoms with Crippen LogP contribution in [-0.2, 0) is 11.2 Å². The van der Waals surface area contributed by atoms with Crippen molar-refractivity contribution in [3.63, 3.8) is 0 Å². The molecule has 0 aliphatic rings. The number of carbonyl (C=O) groups is 1. The summed E-state index contributed by atoms with van der Waals surface area (Å²) < 4.78 is 7.35. The summed E-state index contributed by atoms with van der Waals surface area (Å²) in [6.45, 7) is 2.60. The van der Waals surface area contributed by atoms with Crippen LogP contribution in [0.25, 0.3) is 16.2 Å². The van der Waals surface area contributed by atoms with E-state index in [1.54, 1.807) is 0 Å². The van der Waals surface area contributed by atoms with Gasteiger partial charge in [0.05, 0.1) is 18.7 Å². The van der Waals surface area contributed by atoms with Gasteiger partial charge in [0.1, 0.15) is 5.75 Å². The molecule has 2 aromatic heterocycles. The highest BCUT2D eigenvalue weighted by Gasteiger charge is 2.11. The van der Waals surface area contributed by atoms with Crippen LogP contribution in [0.15, 0.2) is 35.8 Å². The minimum atomic E-state index is -0.342. The van der Waals surface area contributed by atoms with E-state index in [0.29, 0.717) is 6.61 Å². The number of thiazole rings is 1. The van der Waals surface area contributed by atoms with Crippen molar-refractivity contribution in [3.8, 4) is 17.0 Å². The molecule has 3 aromatic rings. The summed E-state index contributed by atoms with van der Waals surface area (Å²) in [5.41, 5.74) is 8.01. The van der Waals surface area contributed by atoms with E-state index in [1.165, 1.54) is 11.3 Å². The Hall–Kier alpha value is -2.34. The first-order chi connectivity index (χ1) is 10.2. The van der Waals surface area contributed by atoms with Crippen LogP contribution in [0.3, 0.4) is 0 Å². The van der Waals surface area contributed by atoms with Crippen molar-refractivity contribution in [2.45, 2.75) is 13.3 Å². The number of rotatable bonds is 5. The molecule has 0 unspecified atom stereocenters. The van der Waals surface area contributed by atoms with Gasteiger partial charge in [-0.25, -0.2) is 4.98 Å². The fourth-order valence-electron chi connectivity index (χ4n) is 2.16. The molecule has 2 N–H and O–H groups in total. The molecule has 0 fully saturated rings. The summed E-state index contributed by atoms with van der Waals surface area (Å²) in [4.78, 5) is 16.5. The van der Waals surface area contributed by atoms with Gasteiger partial charge in [0.15, 0.2) is 4.96 Å². The molecule has 0 saturated heterocycles. The zero-order valence-electron chi connectivity index (χ0n) is 11.6. The number of nitrogens with two attached hydrogens (primary N) is 1. The second-order valence-corrected chi connectivity index (χ2v) is 5.44.